The molecule has 1 heterocycles. The molecule has 0 radical (unpaired) electrons. The van der Waals surface area contributed by atoms with Crippen LogP contribution >= 0.6 is 0 Å². The molecule has 21 heavy (non-hydrogen) atoms. The molecular formula is C13H26N2O5S. The molecule has 1 aliphatic rings. The Bertz CT molecular complexity index is 453. The van der Waals surface area contributed by atoms with Crippen molar-refractivity contribution in [2.75, 3.05) is 20.1 Å². The zero-order valence-electron chi connectivity index (χ0n) is 13.4. The van der Waals surface area contributed by atoms with Gasteiger partial charge >= 0.3 is 16.4 Å². The van der Waals surface area contributed by atoms with E-state index in [1.165, 1.54) is 7.05 Å². The Morgan fingerprint density at radius 2 is 1.81 bits per heavy atom. The van der Waals surface area contributed by atoms with Crippen LogP contribution in [0.3, 0.4) is 0 Å². The Morgan fingerprint density at radius 1 is 1.29 bits per heavy atom. The fraction of sp³-hybridized carbons (Fsp3) is 0.923. The number of rotatable bonds is 5. The van der Waals surface area contributed by atoms with Gasteiger partial charge < -0.3 is 9.64 Å². The van der Waals surface area contributed by atoms with Gasteiger partial charge in [-0.15, -0.1) is 0 Å². The van der Waals surface area contributed by atoms with Crippen LogP contribution in [-0.4, -0.2) is 51.3 Å². The molecule has 8 heteroatoms. The molecule has 1 N–H and O–H groups in total. The third kappa shape index (κ3) is 5.44. The van der Waals surface area contributed by atoms with Gasteiger partial charge in [0.05, 0.1) is 6.10 Å². The van der Waals surface area contributed by atoms with E-state index < -0.39 is 22.0 Å². The lowest BCUT2D eigenvalue weighted by molar-refractivity contribution is -0.0215. The number of hydrogen-bond acceptors (Lipinski definition) is 5. The highest BCUT2D eigenvalue weighted by atomic mass is 32.2. The van der Waals surface area contributed by atoms with E-state index in [-0.39, 0.29) is 12.0 Å². The number of piperidine rings is 1. The van der Waals surface area contributed by atoms with Crippen LogP contribution in [0.15, 0.2) is 0 Å². The minimum absolute atomic E-state index is 0.211. The smallest absolute Gasteiger partial charge is 0.410 e. The van der Waals surface area contributed by atoms with Crippen LogP contribution in [0.25, 0.3) is 0 Å². The summed E-state index contributed by atoms with van der Waals surface area (Å²) in [7, 11) is -2.38. The van der Waals surface area contributed by atoms with E-state index >= 15 is 0 Å². The number of carbonyl (C=O) groups excluding carboxylic acids is 1. The Kier molecular flexibility index (Phi) is 6.01. The molecule has 1 saturated heterocycles. The Labute approximate surface area is 127 Å². The fourth-order valence-electron chi connectivity index (χ4n) is 1.77. The van der Waals surface area contributed by atoms with Crippen LogP contribution in [-0.2, 0) is 19.2 Å². The molecule has 0 saturated carbocycles. The summed E-state index contributed by atoms with van der Waals surface area (Å²) >= 11 is 0. The molecule has 1 fully saturated rings. The van der Waals surface area contributed by atoms with E-state index in [1.807, 2.05) is 27.7 Å². The minimum atomic E-state index is -3.68. The van der Waals surface area contributed by atoms with Crippen LogP contribution in [0.2, 0.25) is 0 Å². The average Bonchev–Trinajstić information content (AvgIpc) is 2.38. The molecular weight excluding hydrogens is 296 g/mol. The number of likely N-dealkylation sites (tertiary alicyclic amines) is 1. The summed E-state index contributed by atoms with van der Waals surface area (Å²) in [5.74, 6) is 0.211. The predicted octanol–water partition coefficient (Wildman–Crippen LogP) is 1.50. The van der Waals surface area contributed by atoms with Crippen molar-refractivity contribution in [3.63, 3.8) is 0 Å². The van der Waals surface area contributed by atoms with E-state index in [2.05, 4.69) is 4.72 Å². The lowest BCUT2D eigenvalue weighted by atomic mass is 9.95. The van der Waals surface area contributed by atoms with Crippen molar-refractivity contribution in [3.8, 4) is 0 Å². The maximum absolute atomic E-state index is 12.1. The highest BCUT2D eigenvalue weighted by Crippen LogP contribution is 2.23. The number of nitrogens with one attached hydrogen (secondary N) is 1. The summed E-state index contributed by atoms with van der Waals surface area (Å²) in [6.07, 6.45) is 0.184. The Balaban J connectivity index is 2.48. The minimum Gasteiger partial charge on any atom is -0.443 e. The average molecular weight is 322 g/mol. The zero-order valence-corrected chi connectivity index (χ0v) is 14.2. The van der Waals surface area contributed by atoms with E-state index in [4.69, 9.17) is 8.92 Å². The van der Waals surface area contributed by atoms with Crippen LogP contribution in [0.4, 0.5) is 4.79 Å². The second-order valence-corrected chi connectivity index (χ2v) is 7.58. The van der Waals surface area contributed by atoms with Gasteiger partial charge in [-0.25, -0.2) is 4.79 Å². The molecule has 124 valence electrons. The Morgan fingerprint density at radius 3 is 2.24 bits per heavy atom. The molecule has 0 spiro atoms. The Hall–Kier alpha value is -0.860. The summed E-state index contributed by atoms with van der Waals surface area (Å²) < 4.78 is 35.2. The van der Waals surface area contributed by atoms with Gasteiger partial charge in [-0.1, -0.05) is 13.8 Å². The lowest BCUT2D eigenvalue weighted by Gasteiger charge is -2.35. The normalized spacial score (nSPS) is 18.1. The van der Waals surface area contributed by atoms with Crippen molar-refractivity contribution < 1.29 is 22.1 Å². The first-order valence-electron chi connectivity index (χ1n) is 7.17. The van der Waals surface area contributed by atoms with E-state index in [9.17, 15) is 13.2 Å². The number of ether oxygens (including phenoxy) is 1. The van der Waals surface area contributed by atoms with Crippen molar-refractivity contribution in [2.24, 2.45) is 5.92 Å². The van der Waals surface area contributed by atoms with Crippen LogP contribution in [0.5, 0.6) is 0 Å². The van der Waals surface area contributed by atoms with Gasteiger partial charge in [0.1, 0.15) is 5.60 Å². The fourth-order valence-corrected chi connectivity index (χ4v) is 2.42. The van der Waals surface area contributed by atoms with E-state index in [1.54, 1.807) is 4.90 Å². The first-order valence-corrected chi connectivity index (χ1v) is 8.58. The summed E-state index contributed by atoms with van der Waals surface area (Å²) in [5, 5.41) is 0. The molecule has 0 aromatic rings. The molecule has 0 bridgehead atoms. The third-order valence-electron chi connectivity index (χ3n) is 3.95. The molecule has 0 aromatic carbocycles. The standard InChI is InChI=1S/C13H26N2O5S/c1-10(2)13(3,4)19-12(16)15-8-6-11(7-9-15)20-21(17,18)14-5/h10-11,14H,6-9H2,1-5H3. The molecule has 1 amide bonds. The van der Waals surface area contributed by atoms with Gasteiger partial charge in [0.25, 0.3) is 0 Å². The van der Waals surface area contributed by atoms with Gasteiger partial charge in [-0.05, 0) is 32.6 Å². The monoisotopic (exact) mass is 322 g/mol. The molecule has 0 aromatic heterocycles. The highest BCUT2D eigenvalue weighted by Gasteiger charge is 2.32. The van der Waals surface area contributed by atoms with Crippen molar-refractivity contribution in [1.82, 2.24) is 9.62 Å². The van der Waals surface area contributed by atoms with Gasteiger partial charge in [-0.3, -0.25) is 4.18 Å². The van der Waals surface area contributed by atoms with Crippen molar-refractivity contribution in [1.29, 1.82) is 0 Å². The molecule has 7 nitrogen and oxygen atoms in total. The van der Waals surface area contributed by atoms with Crippen molar-refractivity contribution >= 4 is 16.4 Å². The molecule has 1 rings (SSSR count). The largest absolute Gasteiger partial charge is 0.443 e. The highest BCUT2D eigenvalue weighted by molar-refractivity contribution is 7.84. The number of carbonyl (C=O) groups is 1. The summed E-state index contributed by atoms with van der Waals surface area (Å²) in [4.78, 5) is 13.7. The zero-order chi connectivity index (χ0) is 16.3. The molecule has 1 aliphatic heterocycles. The van der Waals surface area contributed by atoms with E-state index in [0.29, 0.717) is 25.9 Å². The maximum atomic E-state index is 12.1. The quantitative estimate of drug-likeness (QED) is 0.829. The maximum Gasteiger partial charge on any atom is 0.410 e. The van der Waals surface area contributed by atoms with Gasteiger partial charge in [0.2, 0.25) is 0 Å². The van der Waals surface area contributed by atoms with Crippen molar-refractivity contribution in [3.05, 3.63) is 0 Å². The first kappa shape index (κ1) is 18.2. The van der Waals surface area contributed by atoms with Crippen LogP contribution in [0, 0.1) is 5.92 Å². The van der Waals surface area contributed by atoms with E-state index in [0.717, 1.165) is 0 Å². The number of amides is 1. The third-order valence-corrected chi connectivity index (χ3v) is 4.98. The number of nitrogens with zero attached hydrogens (tertiary/aromatic N) is 1. The second kappa shape index (κ2) is 6.93. The first-order chi connectivity index (χ1) is 9.57. The predicted molar refractivity (Wildman–Crippen MR) is 79.1 cm³/mol. The van der Waals surface area contributed by atoms with Crippen LogP contribution < -0.4 is 4.72 Å². The number of hydrogen-bond donors (Lipinski definition) is 1. The second-order valence-electron chi connectivity index (χ2n) is 6.07. The van der Waals surface area contributed by atoms with Crippen molar-refractivity contribution in [2.45, 2.75) is 52.2 Å². The summed E-state index contributed by atoms with van der Waals surface area (Å²) in [6.45, 7) is 8.61. The molecule has 0 atom stereocenters. The van der Waals surface area contributed by atoms with Gasteiger partial charge in [0.15, 0.2) is 0 Å². The van der Waals surface area contributed by atoms with Gasteiger partial charge in [-0.2, -0.15) is 13.1 Å². The molecule has 0 unspecified atom stereocenters. The lowest BCUT2D eigenvalue weighted by Crippen LogP contribution is -2.46. The SMILES string of the molecule is CNS(=O)(=O)OC1CCN(C(=O)OC(C)(C)C(C)C)CC1. The summed E-state index contributed by atoms with van der Waals surface area (Å²) in [5.41, 5.74) is -0.528. The topological polar surface area (TPSA) is 84.9 Å². The van der Waals surface area contributed by atoms with Crippen LogP contribution in [0.1, 0.15) is 40.5 Å². The summed E-state index contributed by atoms with van der Waals surface area (Å²) in [6, 6.07) is 0. The van der Waals surface area contributed by atoms with Gasteiger partial charge in [0, 0.05) is 20.1 Å². The molecule has 0 aliphatic carbocycles.